The molecule has 1 aliphatic rings. The number of nitrogens with one attached hydrogen (secondary N) is 2. The van der Waals surface area contributed by atoms with Crippen LogP contribution in [-0.2, 0) is 14.4 Å². The summed E-state index contributed by atoms with van der Waals surface area (Å²) < 4.78 is 5.41. The Bertz CT molecular complexity index is 1690. The van der Waals surface area contributed by atoms with Gasteiger partial charge < -0.3 is 15.4 Å². The molecule has 1 heterocycles. The number of imide groups is 1. The van der Waals surface area contributed by atoms with E-state index >= 15 is 0 Å². The second kappa shape index (κ2) is 13.4. The third-order valence-corrected chi connectivity index (χ3v) is 8.00. The van der Waals surface area contributed by atoms with Crippen LogP contribution in [0.15, 0.2) is 114 Å². The van der Waals surface area contributed by atoms with E-state index in [1.807, 2.05) is 6.07 Å². The maximum Gasteiger partial charge on any atom is 0.272 e. The minimum Gasteiger partial charge on any atom is -0.496 e. The smallest absolute Gasteiger partial charge is 0.272 e. The summed E-state index contributed by atoms with van der Waals surface area (Å²) in [6, 6.07) is 29.2. The number of carbonyl (C=O) groups is 4. The number of halogens is 1. The van der Waals surface area contributed by atoms with Crippen LogP contribution in [0.4, 0.5) is 11.4 Å². The highest BCUT2D eigenvalue weighted by atomic mass is 35.5. The average Bonchev–Trinajstić information content (AvgIpc) is 3.30. The summed E-state index contributed by atoms with van der Waals surface area (Å²) in [5.41, 5.74) is 1.99. The molecular formula is C33H26ClN3O5S. The van der Waals surface area contributed by atoms with Gasteiger partial charge in [-0.3, -0.25) is 19.2 Å². The molecule has 1 atom stereocenters. The van der Waals surface area contributed by atoms with Gasteiger partial charge in [0.25, 0.3) is 11.8 Å². The van der Waals surface area contributed by atoms with Crippen molar-refractivity contribution in [2.75, 3.05) is 17.3 Å². The summed E-state index contributed by atoms with van der Waals surface area (Å²) in [6.45, 7) is 0. The molecule has 4 aromatic rings. The van der Waals surface area contributed by atoms with Crippen molar-refractivity contribution >= 4 is 64.4 Å². The number of carbonyl (C=O) groups excluding carboxylic acids is 4. The number of rotatable bonds is 9. The van der Waals surface area contributed by atoms with E-state index in [2.05, 4.69) is 10.6 Å². The van der Waals surface area contributed by atoms with Gasteiger partial charge in [0.2, 0.25) is 11.8 Å². The van der Waals surface area contributed by atoms with E-state index in [-0.39, 0.29) is 23.9 Å². The van der Waals surface area contributed by atoms with E-state index in [0.717, 1.165) is 4.90 Å². The standard InChI is InChI=1S/C33H26ClN3O5S/c1-42-28-10-6-5-9-22(28)19-27(36-31(39)21-7-3-2-4-8-21)32(40)35-24-13-17-26(18-14-24)43-29-20-30(38)37(33(29)41)25-15-11-23(34)12-16-25/h2-19,29H,20H2,1H3,(H,35,40)(H,36,39)/b27-19-. The molecule has 0 bridgehead atoms. The number of methoxy groups -OCH3 is 1. The normalized spacial score (nSPS) is 14.9. The summed E-state index contributed by atoms with van der Waals surface area (Å²) in [7, 11) is 1.53. The van der Waals surface area contributed by atoms with Gasteiger partial charge >= 0.3 is 0 Å². The second-order valence-corrected chi connectivity index (χ2v) is 11.2. The number of para-hydroxylation sites is 1. The SMILES string of the molecule is COc1ccccc1/C=C(\NC(=O)c1ccccc1)C(=O)Nc1ccc(SC2CC(=O)N(c3ccc(Cl)cc3)C2=O)cc1. The Labute approximate surface area is 257 Å². The van der Waals surface area contributed by atoms with Crippen molar-refractivity contribution in [3.05, 3.63) is 125 Å². The Hall–Kier alpha value is -4.86. The minimum atomic E-state index is -0.577. The minimum absolute atomic E-state index is 0.0224. The maximum absolute atomic E-state index is 13.4. The molecule has 0 saturated carbocycles. The van der Waals surface area contributed by atoms with E-state index in [4.69, 9.17) is 16.3 Å². The van der Waals surface area contributed by atoms with E-state index in [9.17, 15) is 19.2 Å². The van der Waals surface area contributed by atoms with Crippen LogP contribution in [0.2, 0.25) is 5.02 Å². The topological polar surface area (TPSA) is 105 Å². The number of thioether (sulfide) groups is 1. The van der Waals surface area contributed by atoms with Gasteiger partial charge in [0, 0.05) is 33.2 Å². The number of anilines is 2. The van der Waals surface area contributed by atoms with Crippen molar-refractivity contribution in [1.82, 2.24) is 5.32 Å². The second-order valence-electron chi connectivity index (χ2n) is 9.45. The summed E-state index contributed by atoms with van der Waals surface area (Å²) in [6.07, 6.45) is 1.62. The van der Waals surface area contributed by atoms with E-state index in [0.29, 0.717) is 33.3 Å². The third-order valence-electron chi connectivity index (χ3n) is 6.55. The van der Waals surface area contributed by atoms with Crippen LogP contribution in [0.3, 0.4) is 0 Å². The van der Waals surface area contributed by atoms with Crippen LogP contribution in [0, 0.1) is 0 Å². The zero-order chi connectivity index (χ0) is 30.3. The van der Waals surface area contributed by atoms with Gasteiger partial charge in [-0.25, -0.2) is 4.90 Å². The zero-order valence-electron chi connectivity index (χ0n) is 23.0. The van der Waals surface area contributed by atoms with Crippen LogP contribution in [-0.4, -0.2) is 36.0 Å². The Morgan fingerprint density at radius 3 is 2.28 bits per heavy atom. The fourth-order valence-electron chi connectivity index (χ4n) is 4.42. The highest BCUT2D eigenvalue weighted by molar-refractivity contribution is 8.00. The van der Waals surface area contributed by atoms with Crippen LogP contribution in [0.25, 0.3) is 6.08 Å². The summed E-state index contributed by atoms with van der Waals surface area (Å²) in [5.74, 6) is -1.01. The van der Waals surface area contributed by atoms with Gasteiger partial charge in [-0.1, -0.05) is 48.0 Å². The molecule has 1 aliphatic heterocycles. The molecule has 1 unspecified atom stereocenters. The van der Waals surface area contributed by atoms with Gasteiger partial charge in [-0.2, -0.15) is 0 Å². The van der Waals surface area contributed by atoms with Gasteiger partial charge in [-0.05, 0) is 72.8 Å². The predicted molar refractivity (Wildman–Crippen MR) is 168 cm³/mol. The van der Waals surface area contributed by atoms with Crippen molar-refractivity contribution in [3.8, 4) is 5.75 Å². The number of amides is 4. The van der Waals surface area contributed by atoms with Crippen LogP contribution in [0.5, 0.6) is 5.75 Å². The third kappa shape index (κ3) is 7.14. The lowest BCUT2D eigenvalue weighted by molar-refractivity contribution is -0.121. The Kier molecular flexibility index (Phi) is 9.24. The molecular weight excluding hydrogens is 586 g/mol. The van der Waals surface area contributed by atoms with E-state index in [1.54, 1.807) is 103 Å². The van der Waals surface area contributed by atoms with Crippen molar-refractivity contribution in [3.63, 3.8) is 0 Å². The monoisotopic (exact) mass is 611 g/mol. The number of hydrogen-bond donors (Lipinski definition) is 2. The number of benzene rings is 4. The maximum atomic E-state index is 13.4. The molecule has 5 rings (SSSR count). The number of nitrogens with zero attached hydrogens (tertiary/aromatic N) is 1. The fraction of sp³-hybridized carbons (Fsp3) is 0.0909. The van der Waals surface area contributed by atoms with E-state index < -0.39 is 17.1 Å². The zero-order valence-corrected chi connectivity index (χ0v) is 24.5. The number of hydrogen-bond acceptors (Lipinski definition) is 6. The molecule has 1 fully saturated rings. The first-order valence-corrected chi connectivity index (χ1v) is 14.5. The highest BCUT2D eigenvalue weighted by Crippen LogP contribution is 2.34. The molecule has 2 N–H and O–H groups in total. The molecule has 0 aliphatic carbocycles. The summed E-state index contributed by atoms with van der Waals surface area (Å²) >= 11 is 7.22. The lowest BCUT2D eigenvalue weighted by Crippen LogP contribution is -2.31. The first-order valence-electron chi connectivity index (χ1n) is 13.2. The molecule has 4 amide bonds. The molecule has 216 valence electrons. The van der Waals surface area contributed by atoms with Gasteiger partial charge in [0.05, 0.1) is 18.0 Å². The molecule has 8 nitrogen and oxygen atoms in total. The molecule has 4 aromatic carbocycles. The van der Waals surface area contributed by atoms with Crippen molar-refractivity contribution in [2.45, 2.75) is 16.6 Å². The number of ether oxygens (including phenoxy) is 1. The lowest BCUT2D eigenvalue weighted by Gasteiger charge is -2.15. The van der Waals surface area contributed by atoms with Crippen molar-refractivity contribution in [1.29, 1.82) is 0 Å². The summed E-state index contributed by atoms with van der Waals surface area (Å²) in [4.78, 5) is 53.9. The average molecular weight is 612 g/mol. The van der Waals surface area contributed by atoms with E-state index in [1.165, 1.54) is 23.8 Å². The molecule has 43 heavy (non-hydrogen) atoms. The highest BCUT2D eigenvalue weighted by Gasteiger charge is 2.40. The predicted octanol–water partition coefficient (Wildman–Crippen LogP) is 6.18. The largest absolute Gasteiger partial charge is 0.496 e. The summed E-state index contributed by atoms with van der Waals surface area (Å²) in [5, 5.41) is 5.46. The first-order chi connectivity index (χ1) is 20.8. The van der Waals surface area contributed by atoms with Gasteiger partial charge in [0.15, 0.2) is 0 Å². The van der Waals surface area contributed by atoms with Crippen LogP contribution < -0.4 is 20.3 Å². The molecule has 1 saturated heterocycles. The van der Waals surface area contributed by atoms with Gasteiger partial charge in [0.1, 0.15) is 11.4 Å². The lowest BCUT2D eigenvalue weighted by atomic mass is 10.1. The van der Waals surface area contributed by atoms with Crippen molar-refractivity contribution < 1.29 is 23.9 Å². The molecule has 0 radical (unpaired) electrons. The van der Waals surface area contributed by atoms with Crippen molar-refractivity contribution in [2.24, 2.45) is 0 Å². The Morgan fingerprint density at radius 1 is 0.907 bits per heavy atom. The Morgan fingerprint density at radius 2 is 1.58 bits per heavy atom. The fourth-order valence-corrected chi connectivity index (χ4v) is 5.60. The molecule has 0 spiro atoms. The first kappa shape index (κ1) is 29.6. The molecule has 10 heteroatoms. The molecule has 0 aromatic heterocycles. The van der Waals surface area contributed by atoms with Crippen LogP contribution in [0.1, 0.15) is 22.3 Å². The van der Waals surface area contributed by atoms with Gasteiger partial charge in [-0.15, -0.1) is 11.8 Å². The van der Waals surface area contributed by atoms with Crippen LogP contribution >= 0.6 is 23.4 Å². The quantitative estimate of drug-likeness (QED) is 0.173. The Balaban J connectivity index is 1.29.